The SMILES string of the molecule is Fc1cccc(CN(CC2CCCNC2)C2CC2)c1Cl. The van der Waals surface area contributed by atoms with Crippen molar-refractivity contribution in [3.8, 4) is 0 Å². The van der Waals surface area contributed by atoms with Crippen LogP contribution in [-0.4, -0.2) is 30.6 Å². The highest BCUT2D eigenvalue weighted by molar-refractivity contribution is 6.31. The molecule has 0 aromatic heterocycles. The maximum atomic E-state index is 13.5. The van der Waals surface area contributed by atoms with E-state index in [2.05, 4.69) is 10.2 Å². The van der Waals surface area contributed by atoms with Crippen molar-refractivity contribution in [3.63, 3.8) is 0 Å². The molecule has 2 fully saturated rings. The topological polar surface area (TPSA) is 15.3 Å². The molecule has 0 spiro atoms. The van der Waals surface area contributed by atoms with Crippen LogP contribution in [0.25, 0.3) is 0 Å². The first-order valence-corrected chi connectivity index (χ1v) is 7.99. The Morgan fingerprint density at radius 2 is 2.15 bits per heavy atom. The molecule has 110 valence electrons. The maximum absolute atomic E-state index is 13.5. The van der Waals surface area contributed by atoms with Gasteiger partial charge in [0.15, 0.2) is 0 Å². The van der Waals surface area contributed by atoms with Gasteiger partial charge < -0.3 is 5.32 Å². The molecule has 1 aliphatic heterocycles. The van der Waals surface area contributed by atoms with Crippen molar-refractivity contribution < 1.29 is 4.39 Å². The summed E-state index contributed by atoms with van der Waals surface area (Å²) in [4.78, 5) is 2.50. The summed E-state index contributed by atoms with van der Waals surface area (Å²) in [6.07, 6.45) is 5.11. The van der Waals surface area contributed by atoms with E-state index in [1.165, 1.54) is 31.7 Å². The van der Waals surface area contributed by atoms with Crippen LogP contribution in [0.3, 0.4) is 0 Å². The van der Waals surface area contributed by atoms with Gasteiger partial charge in [-0.2, -0.15) is 0 Å². The van der Waals surface area contributed by atoms with Crippen molar-refractivity contribution in [2.24, 2.45) is 5.92 Å². The summed E-state index contributed by atoms with van der Waals surface area (Å²) in [5.41, 5.74) is 0.919. The number of hydrogen-bond acceptors (Lipinski definition) is 2. The molecular weight excluding hydrogens is 275 g/mol. The van der Waals surface area contributed by atoms with Crippen LogP contribution in [0.4, 0.5) is 4.39 Å². The first-order valence-electron chi connectivity index (χ1n) is 7.61. The van der Waals surface area contributed by atoms with Crippen LogP contribution in [-0.2, 0) is 6.54 Å². The van der Waals surface area contributed by atoms with Crippen molar-refractivity contribution in [1.29, 1.82) is 0 Å². The summed E-state index contributed by atoms with van der Waals surface area (Å²) < 4.78 is 13.5. The van der Waals surface area contributed by atoms with E-state index in [-0.39, 0.29) is 5.82 Å². The van der Waals surface area contributed by atoms with Gasteiger partial charge in [-0.3, -0.25) is 4.90 Å². The summed E-state index contributed by atoms with van der Waals surface area (Å²) in [7, 11) is 0. The Morgan fingerprint density at radius 1 is 1.30 bits per heavy atom. The molecule has 0 amide bonds. The highest BCUT2D eigenvalue weighted by Crippen LogP contribution is 2.31. The van der Waals surface area contributed by atoms with Crippen molar-refractivity contribution >= 4 is 11.6 Å². The molecule has 0 radical (unpaired) electrons. The van der Waals surface area contributed by atoms with Crippen LogP contribution in [0, 0.1) is 11.7 Å². The van der Waals surface area contributed by atoms with Gasteiger partial charge in [-0.25, -0.2) is 4.39 Å². The van der Waals surface area contributed by atoms with Gasteiger partial charge in [0, 0.05) is 19.1 Å². The van der Waals surface area contributed by atoms with Gasteiger partial charge >= 0.3 is 0 Å². The molecule has 2 aliphatic rings. The highest BCUT2D eigenvalue weighted by Gasteiger charge is 2.31. The first-order chi connectivity index (χ1) is 9.74. The third-order valence-electron chi connectivity index (χ3n) is 4.36. The largest absolute Gasteiger partial charge is 0.316 e. The van der Waals surface area contributed by atoms with Gasteiger partial charge in [-0.1, -0.05) is 23.7 Å². The van der Waals surface area contributed by atoms with E-state index < -0.39 is 0 Å². The van der Waals surface area contributed by atoms with Crippen LogP contribution in [0.5, 0.6) is 0 Å². The van der Waals surface area contributed by atoms with E-state index in [1.807, 2.05) is 6.07 Å². The second kappa shape index (κ2) is 6.42. The summed E-state index contributed by atoms with van der Waals surface area (Å²) in [6, 6.07) is 5.80. The lowest BCUT2D eigenvalue weighted by Gasteiger charge is -2.30. The number of piperidine rings is 1. The summed E-state index contributed by atoms with van der Waals surface area (Å²) >= 11 is 6.09. The summed E-state index contributed by atoms with van der Waals surface area (Å²) in [6.45, 7) is 4.14. The standard InChI is InChI=1S/C16H22ClFN2/c17-16-13(4-1-5-15(16)18)11-20(14-6-7-14)10-12-3-2-8-19-9-12/h1,4-5,12,14,19H,2-3,6-11H2. The van der Waals surface area contributed by atoms with Crippen LogP contribution in [0.2, 0.25) is 5.02 Å². The number of nitrogens with one attached hydrogen (secondary N) is 1. The van der Waals surface area contributed by atoms with Crippen molar-refractivity contribution in [3.05, 3.63) is 34.6 Å². The molecule has 1 atom stereocenters. The smallest absolute Gasteiger partial charge is 0.142 e. The second-order valence-corrected chi connectivity index (χ2v) is 6.46. The first kappa shape index (κ1) is 14.3. The number of benzene rings is 1. The van der Waals surface area contributed by atoms with Crippen LogP contribution >= 0.6 is 11.6 Å². The van der Waals surface area contributed by atoms with Gasteiger partial charge in [-0.05, 0) is 56.3 Å². The van der Waals surface area contributed by atoms with Crippen LogP contribution < -0.4 is 5.32 Å². The lowest BCUT2D eigenvalue weighted by Crippen LogP contribution is -2.39. The fourth-order valence-corrected chi connectivity index (χ4v) is 3.27. The Bertz CT molecular complexity index is 456. The highest BCUT2D eigenvalue weighted by atomic mass is 35.5. The van der Waals surface area contributed by atoms with E-state index in [0.717, 1.165) is 37.7 Å². The molecule has 0 bridgehead atoms. The molecule has 1 N–H and O–H groups in total. The van der Waals surface area contributed by atoms with Gasteiger partial charge in [-0.15, -0.1) is 0 Å². The Balaban J connectivity index is 1.66. The fraction of sp³-hybridized carbons (Fsp3) is 0.625. The van der Waals surface area contributed by atoms with Crippen molar-refractivity contribution in [2.75, 3.05) is 19.6 Å². The van der Waals surface area contributed by atoms with E-state index in [1.54, 1.807) is 6.07 Å². The van der Waals surface area contributed by atoms with Crippen molar-refractivity contribution in [1.82, 2.24) is 10.2 Å². The molecule has 1 aromatic rings. The number of hydrogen-bond donors (Lipinski definition) is 1. The Kier molecular flexibility index (Phi) is 4.59. The Hall–Kier alpha value is -0.640. The number of rotatable bonds is 5. The van der Waals surface area contributed by atoms with Crippen LogP contribution in [0.15, 0.2) is 18.2 Å². The molecule has 1 saturated heterocycles. The molecule has 2 nitrogen and oxygen atoms in total. The molecule has 4 heteroatoms. The van der Waals surface area contributed by atoms with E-state index in [0.29, 0.717) is 11.1 Å². The molecule has 1 saturated carbocycles. The van der Waals surface area contributed by atoms with E-state index in [9.17, 15) is 4.39 Å². The fourth-order valence-electron chi connectivity index (χ4n) is 3.08. The Labute approximate surface area is 125 Å². The normalized spacial score (nSPS) is 23.2. The monoisotopic (exact) mass is 296 g/mol. The number of nitrogens with zero attached hydrogens (tertiary/aromatic N) is 1. The summed E-state index contributed by atoms with van der Waals surface area (Å²) in [5.74, 6) is 0.413. The number of halogens is 2. The second-order valence-electron chi connectivity index (χ2n) is 6.09. The minimum Gasteiger partial charge on any atom is -0.316 e. The third kappa shape index (κ3) is 3.51. The minimum absolute atomic E-state index is 0.292. The predicted molar refractivity (Wildman–Crippen MR) is 80.4 cm³/mol. The van der Waals surface area contributed by atoms with Gasteiger partial charge in [0.05, 0.1) is 5.02 Å². The zero-order chi connectivity index (χ0) is 13.9. The van der Waals surface area contributed by atoms with Crippen molar-refractivity contribution in [2.45, 2.75) is 38.3 Å². The molecule has 1 unspecified atom stereocenters. The summed E-state index contributed by atoms with van der Waals surface area (Å²) in [5, 5.41) is 3.76. The molecule has 1 aromatic carbocycles. The maximum Gasteiger partial charge on any atom is 0.142 e. The molecule has 1 aliphatic carbocycles. The molecular formula is C16H22ClFN2. The zero-order valence-electron chi connectivity index (χ0n) is 11.7. The van der Waals surface area contributed by atoms with Crippen LogP contribution in [0.1, 0.15) is 31.2 Å². The lowest BCUT2D eigenvalue weighted by atomic mass is 9.98. The predicted octanol–water partition coefficient (Wildman–Crippen LogP) is 3.44. The Morgan fingerprint density at radius 3 is 2.85 bits per heavy atom. The zero-order valence-corrected chi connectivity index (χ0v) is 12.5. The molecule has 3 rings (SSSR count). The molecule has 20 heavy (non-hydrogen) atoms. The minimum atomic E-state index is -0.306. The third-order valence-corrected chi connectivity index (χ3v) is 4.78. The average Bonchev–Trinajstić information content (AvgIpc) is 3.29. The van der Waals surface area contributed by atoms with Gasteiger partial charge in [0.1, 0.15) is 5.82 Å². The van der Waals surface area contributed by atoms with Gasteiger partial charge in [0.2, 0.25) is 0 Å². The average molecular weight is 297 g/mol. The lowest BCUT2D eigenvalue weighted by molar-refractivity contribution is 0.192. The van der Waals surface area contributed by atoms with E-state index >= 15 is 0 Å². The quantitative estimate of drug-likeness (QED) is 0.895. The van der Waals surface area contributed by atoms with E-state index in [4.69, 9.17) is 11.6 Å². The molecule has 1 heterocycles. The van der Waals surface area contributed by atoms with Gasteiger partial charge in [0.25, 0.3) is 0 Å².